The van der Waals surface area contributed by atoms with Crippen LogP contribution in [0.4, 0.5) is 0 Å². The van der Waals surface area contributed by atoms with E-state index in [9.17, 15) is 4.79 Å². The normalized spacial score (nSPS) is 16.8. The average Bonchev–Trinajstić information content (AvgIpc) is 2.51. The molecule has 0 bridgehead atoms. The van der Waals surface area contributed by atoms with Crippen LogP contribution in [-0.4, -0.2) is 52.2 Å². The van der Waals surface area contributed by atoms with Gasteiger partial charge in [0.05, 0.1) is 13.2 Å². The fourth-order valence-electron chi connectivity index (χ4n) is 2.13. The number of hydrogen-bond donors (Lipinski definition) is 2. The summed E-state index contributed by atoms with van der Waals surface area (Å²) >= 11 is 23.2. The summed E-state index contributed by atoms with van der Waals surface area (Å²) < 4.78 is 3.57. The van der Waals surface area contributed by atoms with Crippen LogP contribution in [0.1, 0.15) is 39.0 Å². The van der Waals surface area contributed by atoms with Crippen LogP contribution in [0.5, 0.6) is 0 Å². The molecular weight excluding hydrogens is 381 g/mol. The number of amides is 1. The maximum absolute atomic E-state index is 12.0. The third-order valence-corrected chi connectivity index (χ3v) is 4.49. The van der Waals surface area contributed by atoms with Gasteiger partial charge in [-0.15, -0.1) is 0 Å². The van der Waals surface area contributed by atoms with E-state index < -0.39 is 9.96 Å². The summed E-state index contributed by atoms with van der Waals surface area (Å²) in [6.07, 6.45) is 3.60. The van der Waals surface area contributed by atoms with Crippen molar-refractivity contribution >= 4 is 58.0 Å². The SMILES string of the molecule is CCCCCCC(=O)NC(NC(=S)N1CCOCC1)C(Cl)(Cl)Cl. The summed E-state index contributed by atoms with van der Waals surface area (Å²) in [5.41, 5.74) is 0. The molecule has 1 amide bonds. The fourth-order valence-corrected chi connectivity index (χ4v) is 2.75. The van der Waals surface area contributed by atoms with E-state index in [2.05, 4.69) is 17.6 Å². The van der Waals surface area contributed by atoms with E-state index in [1.807, 2.05) is 4.90 Å². The molecule has 0 aromatic carbocycles. The third-order valence-electron chi connectivity index (χ3n) is 3.46. The zero-order chi connectivity index (χ0) is 17.3. The van der Waals surface area contributed by atoms with Crippen molar-refractivity contribution in [2.24, 2.45) is 0 Å². The number of unbranched alkanes of at least 4 members (excludes halogenated alkanes) is 3. The molecular formula is C14H24Cl3N3O2S. The molecule has 1 aliphatic heterocycles. The molecule has 1 heterocycles. The van der Waals surface area contributed by atoms with Gasteiger partial charge in [-0.1, -0.05) is 61.0 Å². The highest BCUT2D eigenvalue weighted by molar-refractivity contribution is 7.80. The number of halogens is 3. The van der Waals surface area contributed by atoms with E-state index in [1.165, 1.54) is 0 Å². The maximum atomic E-state index is 12.0. The van der Waals surface area contributed by atoms with Crippen molar-refractivity contribution in [3.8, 4) is 0 Å². The molecule has 1 fully saturated rings. The average molecular weight is 405 g/mol. The largest absolute Gasteiger partial charge is 0.378 e. The Balaban J connectivity index is 2.48. The molecule has 134 valence electrons. The Morgan fingerprint density at radius 2 is 1.87 bits per heavy atom. The van der Waals surface area contributed by atoms with Gasteiger partial charge in [0.1, 0.15) is 6.17 Å². The first-order valence-corrected chi connectivity index (χ1v) is 9.38. The van der Waals surface area contributed by atoms with Gasteiger partial charge in [0.15, 0.2) is 5.11 Å². The number of ether oxygens (including phenoxy) is 1. The minimum Gasteiger partial charge on any atom is -0.378 e. The number of carbonyl (C=O) groups excluding carboxylic acids is 1. The van der Waals surface area contributed by atoms with Crippen LogP contribution in [0.2, 0.25) is 0 Å². The van der Waals surface area contributed by atoms with E-state index >= 15 is 0 Å². The molecule has 9 heteroatoms. The van der Waals surface area contributed by atoms with Gasteiger partial charge >= 0.3 is 0 Å². The molecule has 1 atom stereocenters. The highest BCUT2D eigenvalue weighted by Crippen LogP contribution is 2.29. The topological polar surface area (TPSA) is 53.6 Å². The second-order valence-corrected chi connectivity index (χ2v) is 8.16. The number of carbonyl (C=O) groups is 1. The van der Waals surface area contributed by atoms with Gasteiger partial charge in [0.2, 0.25) is 9.70 Å². The first-order chi connectivity index (χ1) is 10.8. The van der Waals surface area contributed by atoms with Crippen LogP contribution in [0, 0.1) is 0 Å². The van der Waals surface area contributed by atoms with Gasteiger partial charge in [-0.3, -0.25) is 4.79 Å². The van der Waals surface area contributed by atoms with Crippen LogP contribution in [0.3, 0.4) is 0 Å². The Labute approximate surface area is 158 Å². The summed E-state index contributed by atoms with van der Waals surface area (Å²) in [6.45, 7) is 4.66. The lowest BCUT2D eigenvalue weighted by Crippen LogP contribution is -2.59. The number of nitrogens with zero attached hydrogens (tertiary/aromatic N) is 1. The Bertz CT molecular complexity index is 388. The summed E-state index contributed by atoms with van der Waals surface area (Å²) in [5, 5.41) is 6.09. The van der Waals surface area contributed by atoms with E-state index in [4.69, 9.17) is 51.8 Å². The van der Waals surface area contributed by atoms with Gasteiger partial charge in [-0.2, -0.15) is 0 Å². The molecule has 2 N–H and O–H groups in total. The minimum absolute atomic E-state index is 0.158. The lowest BCUT2D eigenvalue weighted by Gasteiger charge is -2.34. The maximum Gasteiger partial charge on any atom is 0.228 e. The molecule has 0 aromatic heterocycles. The number of alkyl halides is 3. The molecule has 0 spiro atoms. The second-order valence-electron chi connectivity index (χ2n) is 5.40. The zero-order valence-corrected chi connectivity index (χ0v) is 16.3. The molecule has 0 saturated carbocycles. The molecule has 0 aliphatic carbocycles. The van der Waals surface area contributed by atoms with Crippen molar-refractivity contribution in [3.05, 3.63) is 0 Å². The third kappa shape index (κ3) is 8.59. The standard InChI is InChI=1S/C14H24Cl3N3O2S/c1-2-3-4-5-6-11(21)18-12(14(15,16)17)19-13(23)20-7-9-22-10-8-20/h12H,2-10H2,1H3,(H,18,21)(H,19,23). The zero-order valence-electron chi connectivity index (χ0n) is 13.2. The molecule has 1 unspecified atom stereocenters. The molecule has 1 aliphatic rings. The Morgan fingerprint density at radius 1 is 1.22 bits per heavy atom. The van der Waals surface area contributed by atoms with E-state index in [1.54, 1.807) is 0 Å². The van der Waals surface area contributed by atoms with Gasteiger partial charge in [-0.25, -0.2) is 0 Å². The Kier molecular flexibility index (Phi) is 9.85. The first kappa shape index (κ1) is 21.0. The number of morpholine rings is 1. The summed E-state index contributed by atoms with van der Waals surface area (Å²) in [7, 11) is 0. The van der Waals surface area contributed by atoms with Crippen molar-refractivity contribution in [3.63, 3.8) is 0 Å². The fraction of sp³-hybridized carbons (Fsp3) is 0.857. The highest BCUT2D eigenvalue weighted by atomic mass is 35.6. The summed E-state index contributed by atoms with van der Waals surface area (Å²) in [4.78, 5) is 13.9. The lowest BCUT2D eigenvalue weighted by atomic mass is 10.1. The Hall–Kier alpha value is -0.0100. The predicted molar refractivity (Wildman–Crippen MR) is 99.1 cm³/mol. The van der Waals surface area contributed by atoms with Gasteiger partial charge in [0, 0.05) is 19.5 Å². The predicted octanol–water partition coefficient (Wildman–Crippen LogP) is 2.98. The van der Waals surface area contributed by atoms with Gasteiger partial charge < -0.3 is 20.3 Å². The van der Waals surface area contributed by atoms with Crippen LogP contribution in [0.15, 0.2) is 0 Å². The molecule has 0 aromatic rings. The molecule has 23 heavy (non-hydrogen) atoms. The van der Waals surface area contributed by atoms with Crippen molar-refractivity contribution in [2.45, 2.75) is 49.0 Å². The highest BCUT2D eigenvalue weighted by Gasteiger charge is 2.35. The second kappa shape index (κ2) is 10.8. The summed E-state index contributed by atoms with van der Waals surface area (Å²) in [6, 6.07) is 0. The van der Waals surface area contributed by atoms with Crippen molar-refractivity contribution in [2.75, 3.05) is 26.3 Å². The summed E-state index contributed by atoms with van der Waals surface area (Å²) in [5.74, 6) is -0.158. The number of hydrogen-bond acceptors (Lipinski definition) is 3. The van der Waals surface area contributed by atoms with E-state index in [-0.39, 0.29) is 5.91 Å². The lowest BCUT2D eigenvalue weighted by molar-refractivity contribution is -0.122. The Morgan fingerprint density at radius 3 is 2.43 bits per heavy atom. The smallest absolute Gasteiger partial charge is 0.228 e. The van der Waals surface area contributed by atoms with Crippen molar-refractivity contribution < 1.29 is 9.53 Å². The van der Waals surface area contributed by atoms with Crippen LogP contribution >= 0.6 is 47.0 Å². The van der Waals surface area contributed by atoms with Crippen LogP contribution < -0.4 is 10.6 Å². The first-order valence-electron chi connectivity index (χ1n) is 7.84. The van der Waals surface area contributed by atoms with Crippen LogP contribution in [-0.2, 0) is 9.53 Å². The van der Waals surface area contributed by atoms with Crippen LogP contribution in [0.25, 0.3) is 0 Å². The number of nitrogens with one attached hydrogen (secondary N) is 2. The number of rotatable bonds is 7. The quantitative estimate of drug-likeness (QED) is 0.296. The number of thiocarbonyl (C=S) groups is 1. The van der Waals surface area contributed by atoms with E-state index in [0.29, 0.717) is 37.8 Å². The molecule has 1 saturated heterocycles. The van der Waals surface area contributed by atoms with E-state index in [0.717, 1.165) is 25.7 Å². The van der Waals surface area contributed by atoms with Gasteiger partial charge in [0.25, 0.3) is 0 Å². The van der Waals surface area contributed by atoms with Crippen molar-refractivity contribution in [1.82, 2.24) is 15.5 Å². The molecule has 5 nitrogen and oxygen atoms in total. The molecule has 1 rings (SSSR count). The molecule has 0 radical (unpaired) electrons. The van der Waals surface area contributed by atoms with Gasteiger partial charge in [-0.05, 0) is 18.6 Å². The minimum atomic E-state index is -1.70. The monoisotopic (exact) mass is 403 g/mol. The van der Waals surface area contributed by atoms with Crippen molar-refractivity contribution in [1.29, 1.82) is 0 Å².